The van der Waals surface area contributed by atoms with E-state index in [1.165, 1.54) is 0 Å². The largest absolute Gasteiger partial charge is 0.497 e. The quantitative estimate of drug-likeness (QED) is 0.907. The lowest BCUT2D eigenvalue weighted by Gasteiger charge is -2.29. The summed E-state index contributed by atoms with van der Waals surface area (Å²) in [7, 11) is 5.36. The number of likely N-dealkylation sites (tertiary alicyclic amines) is 1. The van der Waals surface area contributed by atoms with Crippen LogP contribution in [0.4, 0.5) is 0 Å². The van der Waals surface area contributed by atoms with Crippen molar-refractivity contribution in [2.75, 3.05) is 34.4 Å². The number of rotatable bonds is 3. The van der Waals surface area contributed by atoms with E-state index in [1.807, 2.05) is 18.2 Å². The first-order valence-corrected chi connectivity index (χ1v) is 6.72. The van der Waals surface area contributed by atoms with Gasteiger partial charge in [0, 0.05) is 12.1 Å². The second-order valence-electron chi connectivity index (χ2n) is 5.25. The average Bonchev–Trinajstić information content (AvgIpc) is 2.61. The molecule has 0 spiro atoms. The van der Waals surface area contributed by atoms with Gasteiger partial charge in [-0.1, -0.05) is 0 Å². The first-order chi connectivity index (χ1) is 9.09. The lowest BCUT2D eigenvalue weighted by atomic mass is 9.86. The van der Waals surface area contributed by atoms with Crippen molar-refractivity contribution in [2.24, 2.45) is 0 Å². The molecule has 1 N–H and O–H groups in total. The Bertz CT molecular complexity index is 435. The summed E-state index contributed by atoms with van der Waals surface area (Å²) in [6.07, 6.45) is 2.45. The molecular weight excluding hydrogens is 242 g/mol. The van der Waals surface area contributed by atoms with Crippen molar-refractivity contribution in [1.82, 2.24) is 4.90 Å². The third-order valence-electron chi connectivity index (χ3n) is 3.95. The summed E-state index contributed by atoms with van der Waals surface area (Å²) >= 11 is 0. The minimum absolute atomic E-state index is 0.715. The van der Waals surface area contributed by atoms with E-state index in [0.717, 1.165) is 43.0 Å². The molecule has 1 unspecified atom stereocenters. The van der Waals surface area contributed by atoms with E-state index in [1.54, 1.807) is 14.2 Å². The number of hydrogen-bond donors (Lipinski definition) is 1. The highest BCUT2D eigenvalue weighted by atomic mass is 16.5. The maximum Gasteiger partial charge on any atom is 0.125 e. The lowest BCUT2D eigenvalue weighted by molar-refractivity contribution is 0.0194. The van der Waals surface area contributed by atoms with Gasteiger partial charge in [-0.05, 0) is 51.1 Å². The first-order valence-electron chi connectivity index (χ1n) is 6.72. The van der Waals surface area contributed by atoms with Gasteiger partial charge < -0.3 is 19.5 Å². The van der Waals surface area contributed by atoms with Gasteiger partial charge in [0.15, 0.2) is 0 Å². The summed E-state index contributed by atoms with van der Waals surface area (Å²) in [6, 6.07) is 5.61. The number of aliphatic hydroxyl groups is 1. The Labute approximate surface area is 114 Å². The Kier molecular flexibility index (Phi) is 4.32. The van der Waals surface area contributed by atoms with Crippen LogP contribution >= 0.6 is 0 Å². The van der Waals surface area contributed by atoms with Gasteiger partial charge in [0.05, 0.1) is 19.8 Å². The molecule has 1 atom stereocenters. The molecule has 0 amide bonds. The van der Waals surface area contributed by atoms with Gasteiger partial charge in [-0.3, -0.25) is 0 Å². The fraction of sp³-hybridized carbons (Fsp3) is 0.600. The number of methoxy groups -OCH3 is 2. The highest BCUT2D eigenvalue weighted by Crippen LogP contribution is 2.39. The molecule has 0 radical (unpaired) electrons. The molecule has 4 nitrogen and oxygen atoms in total. The number of ether oxygens (including phenoxy) is 2. The smallest absolute Gasteiger partial charge is 0.125 e. The zero-order valence-corrected chi connectivity index (χ0v) is 12.0. The molecular formula is C15H23NO3. The van der Waals surface area contributed by atoms with Crippen LogP contribution < -0.4 is 9.47 Å². The van der Waals surface area contributed by atoms with Gasteiger partial charge in [0.2, 0.25) is 0 Å². The molecule has 4 heteroatoms. The Morgan fingerprint density at radius 3 is 2.63 bits per heavy atom. The first kappa shape index (κ1) is 14.2. The summed E-state index contributed by atoms with van der Waals surface area (Å²) in [5, 5.41) is 11.0. The van der Waals surface area contributed by atoms with Gasteiger partial charge in [-0.25, -0.2) is 0 Å². The van der Waals surface area contributed by atoms with E-state index in [2.05, 4.69) is 11.9 Å². The maximum atomic E-state index is 11.0. The molecule has 0 aliphatic carbocycles. The summed E-state index contributed by atoms with van der Waals surface area (Å²) in [4.78, 5) is 2.25. The molecule has 0 aromatic heterocycles. The van der Waals surface area contributed by atoms with Gasteiger partial charge in [0.1, 0.15) is 11.5 Å². The summed E-state index contributed by atoms with van der Waals surface area (Å²) in [6.45, 7) is 1.91. The van der Waals surface area contributed by atoms with Crippen molar-refractivity contribution in [3.8, 4) is 11.5 Å². The lowest BCUT2D eigenvalue weighted by Crippen LogP contribution is -2.28. The van der Waals surface area contributed by atoms with Crippen LogP contribution in [0, 0.1) is 0 Å². The van der Waals surface area contributed by atoms with Gasteiger partial charge in [-0.15, -0.1) is 0 Å². The average molecular weight is 265 g/mol. The summed E-state index contributed by atoms with van der Waals surface area (Å²) in [5.41, 5.74) is 0.00891. The molecule has 106 valence electrons. The van der Waals surface area contributed by atoms with E-state index < -0.39 is 5.60 Å². The van der Waals surface area contributed by atoms with Crippen molar-refractivity contribution in [2.45, 2.75) is 24.9 Å². The van der Waals surface area contributed by atoms with E-state index in [9.17, 15) is 5.11 Å². The monoisotopic (exact) mass is 265 g/mol. The molecule has 0 saturated carbocycles. The standard InChI is InChI=1S/C15H23NO3/c1-16-9-4-7-15(17,8-10-16)13-11-12(18-2)5-6-14(13)19-3/h5-6,11,17H,4,7-10H2,1-3H3. The van der Waals surface area contributed by atoms with Crippen LogP contribution in [-0.2, 0) is 5.60 Å². The molecule has 0 bridgehead atoms. The third-order valence-corrected chi connectivity index (χ3v) is 3.95. The molecule has 1 aliphatic rings. The Morgan fingerprint density at radius 2 is 1.95 bits per heavy atom. The number of hydrogen-bond acceptors (Lipinski definition) is 4. The summed E-state index contributed by atoms with van der Waals surface area (Å²) in [5.74, 6) is 1.48. The van der Waals surface area contributed by atoms with Crippen LogP contribution in [-0.4, -0.2) is 44.4 Å². The topological polar surface area (TPSA) is 41.9 Å². The molecule has 1 heterocycles. The van der Waals surface area contributed by atoms with Crippen molar-refractivity contribution in [3.05, 3.63) is 23.8 Å². The fourth-order valence-electron chi connectivity index (χ4n) is 2.70. The van der Waals surface area contributed by atoms with Gasteiger partial charge >= 0.3 is 0 Å². The van der Waals surface area contributed by atoms with Crippen LogP contribution in [0.1, 0.15) is 24.8 Å². The van der Waals surface area contributed by atoms with E-state index >= 15 is 0 Å². The van der Waals surface area contributed by atoms with Crippen LogP contribution in [0.25, 0.3) is 0 Å². The molecule has 1 aliphatic heterocycles. The minimum Gasteiger partial charge on any atom is -0.497 e. The van der Waals surface area contributed by atoms with Crippen molar-refractivity contribution < 1.29 is 14.6 Å². The number of benzene rings is 1. The highest BCUT2D eigenvalue weighted by molar-refractivity contribution is 5.44. The fourth-order valence-corrected chi connectivity index (χ4v) is 2.70. The molecule has 1 aromatic rings. The minimum atomic E-state index is -0.829. The molecule has 19 heavy (non-hydrogen) atoms. The molecule has 2 rings (SSSR count). The Balaban J connectivity index is 2.37. The summed E-state index contributed by atoms with van der Waals surface area (Å²) < 4.78 is 10.7. The second-order valence-corrected chi connectivity index (χ2v) is 5.25. The molecule has 1 fully saturated rings. The Morgan fingerprint density at radius 1 is 1.16 bits per heavy atom. The predicted molar refractivity (Wildman–Crippen MR) is 74.8 cm³/mol. The van der Waals surface area contributed by atoms with Crippen LogP contribution in [0.15, 0.2) is 18.2 Å². The van der Waals surface area contributed by atoms with E-state index in [-0.39, 0.29) is 0 Å². The van der Waals surface area contributed by atoms with Crippen molar-refractivity contribution in [1.29, 1.82) is 0 Å². The van der Waals surface area contributed by atoms with Crippen LogP contribution in [0.5, 0.6) is 11.5 Å². The van der Waals surface area contributed by atoms with Crippen LogP contribution in [0.2, 0.25) is 0 Å². The number of nitrogens with zero attached hydrogens (tertiary/aromatic N) is 1. The zero-order valence-electron chi connectivity index (χ0n) is 12.0. The maximum absolute atomic E-state index is 11.0. The highest BCUT2D eigenvalue weighted by Gasteiger charge is 2.34. The third kappa shape index (κ3) is 3.01. The Hall–Kier alpha value is -1.26. The molecule has 1 aromatic carbocycles. The SMILES string of the molecule is COc1ccc(OC)c(C2(O)CCCN(C)CC2)c1. The van der Waals surface area contributed by atoms with Gasteiger partial charge in [0.25, 0.3) is 0 Å². The van der Waals surface area contributed by atoms with E-state index in [0.29, 0.717) is 6.42 Å². The van der Waals surface area contributed by atoms with Crippen molar-refractivity contribution in [3.63, 3.8) is 0 Å². The normalized spacial score (nSPS) is 24.8. The van der Waals surface area contributed by atoms with Crippen molar-refractivity contribution >= 4 is 0 Å². The zero-order chi connectivity index (χ0) is 13.9. The molecule has 1 saturated heterocycles. The van der Waals surface area contributed by atoms with Crippen LogP contribution in [0.3, 0.4) is 0 Å². The predicted octanol–water partition coefficient (Wildman–Crippen LogP) is 2.01. The van der Waals surface area contributed by atoms with E-state index in [4.69, 9.17) is 9.47 Å². The van der Waals surface area contributed by atoms with Gasteiger partial charge in [-0.2, -0.15) is 0 Å². The second kappa shape index (κ2) is 5.80.